The highest BCUT2D eigenvalue weighted by atomic mass is 79.9. The predicted octanol–water partition coefficient (Wildman–Crippen LogP) is 2.37. The molecular formula is C13H14BrN3O. The Kier molecular flexibility index (Phi) is 4.28. The van der Waals surface area contributed by atoms with Crippen molar-refractivity contribution in [3.8, 4) is 0 Å². The number of benzene rings is 1. The molecule has 0 spiro atoms. The van der Waals surface area contributed by atoms with E-state index in [2.05, 4.69) is 38.0 Å². The van der Waals surface area contributed by atoms with Crippen LogP contribution < -0.4 is 4.90 Å². The van der Waals surface area contributed by atoms with E-state index in [9.17, 15) is 0 Å². The van der Waals surface area contributed by atoms with Crippen molar-refractivity contribution in [3.63, 3.8) is 0 Å². The van der Waals surface area contributed by atoms with E-state index in [0.717, 1.165) is 16.8 Å². The quantitative estimate of drug-likeness (QED) is 0.942. The minimum atomic E-state index is -0.0807. The molecule has 0 bridgehead atoms. The maximum absolute atomic E-state index is 8.91. The molecule has 0 aliphatic carbocycles. The number of halogens is 1. The van der Waals surface area contributed by atoms with Gasteiger partial charge in [-0.2, -0.15) is 0 Å². The monoisotopic (exact) mass is 307 g/mol. The molecule has 0 aliphatic rings. The highest BCUT2D eigenvalue weighted by Crippen LogP contribution is 2.15. The molecule has 0 radical (unpaired) electrons. The van der Waals surface area contributed by atoms with Gasteiger partial charge in [0, 0.05) is 18.1 Å². The van der Waals surface area contributed by atoms with Gasteiger partial charge in [-0.25, -0.2) is 4.98 Å². The molecule has 0 saturated carbocycles. The van der Waals surface area contributed by atoms with Crippen LogP contribution in [0.15, 0.2) is 41.1 Å². The summed E-state index contributed by atoms with van der Waals surface area (Å²) in [5.74, 6) is 0.784. The van der Waals surface area contributed by atoms with Crippen LogP contribution in [-0.4, -0.2) is 22.1 Å². The molecule has 1 aromatic carbocycles. The lowest BCUT2D eigenvalue weighted by atomic mass is 10.2. The number of nitrogens with zero attached hydrogens (tertiary/aromatic N) is 3. The summed E-state index contributed by atoms with van der Waals surface area (Å²) in [4.78, 5) is 10.4. The molecule has 1 aromatic heterocycles. The van der Waals surface area contributed by atoms with E-state index in [-0.39, 0.29) is 6.61 Å². The SMILES string of the molecule is CN(Cc1cccc(Br)c1)c1cnc(CO)cn1. The van der Waals surface area contributed by atoms with Gasteiger partial charge in [-0.3, -0.25) is 4.98 Å². The van der Waals surface area contributed by atoms with Crippen LogP contribution in [0.25, 0.3) is 0 Å². The molecule has 4 nitrogen and oxygen atoms in total. The maximum Gasteiger partial charge on any atom is 0.147 e. The third kappa shape index (κ3) is 3.27. The van der Waals surface area contributed by atoms with Gasteiger partial charge in [-0.1, -0.05) is 28.1 Å². The summed E-state index contributed by atoms with van der Waals surface area (Å²) in [6, 6.07) is 8.15. The highest BCUT2D eigenvalue weighted by Gasteiger charge is 2.04. The van der Waals surface area contributed by atoms with Gasteiger partial charge in [0.25, 0.3) is 0 Å². The number of hydrogen-bond acceptors (Lipinski definition) is 4. The van der Waals surface area contributed by atoms with E-state index in [4.69, 9.17) is 5.11 Å². The lowest BCUT2D eigenvalue weighted by molar-refractivity contribution is 0.276. The third-order valence-electron chi connectivity index (χ3n) is 2.55. The molecule has 2 aromatic rings. The Hall–Kier alpha value is -1.46. The molecule has 0 aliphatic heterocycles. The lowest BCUT2D eigenvalue weighted by Gasteiger charge is -2.18. The van der Waals surface area contributed by atoms with Crippen LogP contribution in [0.1, 0.15) is 11.3 Å². The van der Waals surface area contributed by atoms with Gasteiger partial charge in [0.1, 0.15) is 5.82 Å². The molecule has 0 atom stereocenters. The Morgan fingerprint density at radius 3 is 2.72 bits per heavy atom. The van der Waals surface area contributed by atoms with Crippen molar-refractivity contribution in [2.45, 2.75) is 13.2 Å². The summed E-state index contributed by atoms with van der Waals surface area (Å²) in [5.41, 5.74) is 1.77. The van der Waals surface area contributed by atoms with Crippen LogP contribution in [0, 0.1) is 0 Å². The standard InChI is InChI=1S/C13H14BrN3O/c1-17(8-10-3-2-4-11(14)5-10)13-7-15-12(9-18)6-16-13/h2-7,18H,8-9H2,1H3. The summed E-state index contributed by atoms with van der Waals surface area (Å²) in [6.07, 6.45) is 3.26. The normalized spacial score (nSPS) is 10.4. The minimum Gasteiger partial charge on any atom is -0.390 e. The number of anilines is 1. The van der Waals surface area contributed by atoms with E-state index < -0.39 is 0 Å². The summed E-state index contributed by atoms with van der Waals surface area (Å²) in [6.45, 7) is 0.676. The first-order chi connectivity index (χ1) is 8.69. The van der Waals surface area contributed by atoms with Crippen molar-refractivity contribution in [2.24, 2.45) is 0 Å². The van der Waals surface area contributed by atoms with Crippen LogP contribution >= 0.6 is 15.9 Å². The zero-order chi connectivity index (χ0) is 13.0. The fraction of sp³-hybridized carbons (Fsp3) is 0.231. The molecule has 0 unspecified atom stereocenters. The van der Waals surface area contributed by atoms with Crippen molar-refractivity contribution in [1.29, 1.82) is 0 Å². The maximum atomic E-state index is 8.91. The topological polar surface area (TPSA) is 49.2 Å². The van der Waals surface area contributed by atoms with Crippen molar-refractivity contribution in [1.82, 2.24) is 9.97 Å². The Balaban J connectivity index is 2.09. The first kappa shape index (κ1) is 13.0. The van der Waals surface area contributed by atoms with Gasteiger partial charge in [0.05, 0.1) is 24.7 Å². The first-order valence-electron chi connectivity index (χ1n) is 5.56. The second kappa shape index (κ2) is 5.93. The Morgan fingerprint density at radius 2 is 2.11 bits per heavy atom. The first-order valence-corrected chi connectivity index (χ1v) is 6.35. The average Bonchev–Trinajstić information content (AvgIpc) is 2.39. The van der Waals surface area contributed by atoms with E-state index in [1.807, 2.05) is 24.1 Å². The van der Waals surface area contributed by atoms with E-state index >= 15 is 0 Å². The van der Waals surface area contributed by atoms with E-state index in [1.165, 1.54) is 5.56 Å². The summed E-state index contributed by atoms with van der Waals surface area (Å²) < 4.78 is 1.06. The Morgan fingerprint density at radius 1 is 1.28 bits per heavy atom. The molecule has 94 valence electrons. The molecule has 0 saturated heterocycles. The van der Waals surface area contributed by atoms with E-state index in [1.54, 1.807) is 12.4 Å². The van der Waals surface area contributed by atoms with Crippen LogP contribution in [-0.2, 0) is 13.2 Å². The second-order valence-electron chi connectivity index (χ2n) is 4.01. The van der Waals surface area contributed by atoms with Gasteiger partial charge in [0.15, 0.2) is 0 Å². The second-order valence-corrected chi connectivity index (χ2v) is 4.93. The molecule has 0 fully saturated rings. The molecule has 18 heavy (non-hydrogen) atoms. The van der Waals surface area contributed by atoms with E-state index in [0.29, 0.717) is 5.69 Å². The Labute approximate surface area is 114 Å². The summed E-state index contributed by atoms with van der Waals surface area (Å²) in [5, 5.41) is 8.91. The molecule has 5 heteroatoms. The number of rotatable bonds is 4. The number of aliphatic hydroxyl groups is 1. The van der Waals surface area contributed by atoms with Gasteiger partial charge < -0.3 is 10.0 Å². The minimum absolute atomic E-state index is 0.0807. The van der Waals surface area contributed by atoms with Gasteiger partial charge in [-0.05, 0) is 17.7 Å². The summed E-state index contributed by atoms with van der Waals surface area (Å²) >= 11 is 3.45. The van der Waals surface area contributed by atoms with Crippen molar-refractivity contribution < 1.29 is 5.11 Å². The van der Waals surface area contributed by atoms with Crippen LogP contribution in [0.5, 0.6) is 0 Å². The van der Waals surface area contributed by atoms with Crippen molar-refractivity contribution in [2.75, 3.05) is 11.9 Å². The van der Waals surface area contributed by atoms with Gasteiger partial charge in [0.2, 0.25) is 0 Å². The Bertz CT molecular complexity index is 516. The summed E-state index contributed by atoms with van der Waals surface area (Å²) in [7, 11) is 1.96. The van der Waals surface area contributed by atoms with Gasteiger partial charge in [-0.15, -0.1) is 0 Å². The van der Waals surface area contributed by atoms with Crippen LogP contribution in [0.2, 0.25) is 0 Å². The highest BCUT2D eigenvalue weighted by molar-refractivity contribution is 9.10. The fourth-order valence-electron chi connectivity index (χ4n) is 1.62. The largest absolute Gasteiger partial charge is 0.390 e. The number of aliphatic hydroxyl groups excluding tert-OH is 1. The molecular weight excluding hydrogens is 294 g/mol. The third-order valence-corrected chi connectivity index (χ3v) is 3.05. The van der Waals surface area contributed by atoms with Crippen LogP contribution in [0.3, 0.4) is 0 Å². The predicted molar refractivity (Wildman–Crippen MR) is 74.2 cm³/mol. The number of hydrogen-bond donors (Lipinski definition) is 1. The molecule has 1 heterocycles. The fourth-order valence-corrected chi connectivity index (χ4v) is 2.06. The lowest BCUT2D eigenvalue weighted by Crippen LogP contribution is -2.18. The molecule has 2 rings (SSSR count). The zero-order valence-corrected chi connectivity index (χ0v) is 11.6. The number of aromatic nitrogens is 2. The van der Waals surface area contributed by atoms with Gasteiger partial charge >= 0.3 is 0 Å². The average molecular weight is 308 g/mol. The smallest absolute Gasteiger partial charge is 0.147 e. The molecule has 1 N–H and O–H groups in total. The zero-order valence-electron chi connectivity index (χ0n) is 10.0. The van der Waals surface area contributed by atoms with Crippen molar-refractivity contribution in [3.05, 3.63) is 52.4 Å². The van der Waals surface area contributed by atoms with Crippen molar-refractivity contribution >= 4 is 21.7 Å². The van der Waals surface area contributed by atoms with Crippen LogP contribution in [0.4, 0.5) is 5.82 Å². The molecule has 0 amide bonds.